The molecule has 1 unspecified atom stereocenters. The van der Waals surface area contributed by atoms with Crippen LogP contribution >= 0.6 is 0 Å². The van der Waals surface area contributed by atoms with E-state index in [4.69, 9.17) is 0 Å². The lowest BCUT2D eigenvalue weighted by Gasteiger charge is -2.27. The molecule has 0 radical (unpaired) electrons. The summed E-state index contributed by atoms with van der Waals surface area (Å²) in [5.74, 6) is -1.34. The molecule has 2 aromatic rings. The van der Waals surface area contributed by atoms with Gasteiger partial charge in [-0.15, -0.1) is 0 Å². The number of aromatic hydroxyl groups is 1. The van der Waals surface area contributed by atoms with Crippen LogP contribution in [0.15, 0.2) is 48.0 Å². The van der Waals surface area contributed by atoms with Gasteiger partial charge in [0.2, 0.25) is 0 Å². The van der Waals surface area contributed by atoms with Crippen molar-refractivity contribution < 1.29 is 19.8 Å². The van der Waals surface area contributed by atoms with Gasteiger partial charge in [0.15, 0.2) is 0 Å². The lowest BCUT2D eigenvalue weighted by atomic mass is 9.93. The number of hydrogen-bond donors (Lipinski definition) is 2. The van der Waals surface area contributed by atoms with Crippen LogP contribution in [0, 0.1) is 13.8 Å². The zero-order valence-electron chi connectivity index (χ0n) is 19.3. The second-order valence-electron chi connectivity index (χ2n) is 8.28. The standard InChI is InChI=1S/C26H32N2O4/c1-5-27(6-2)14-7-15-28-23(19-10-12-20(29)13-11-19)22(25(31)26(28)32)24(30)21-16-17(3)8-9-18(21)4/h8-13,16,23,29-30H,5-7,14-15H2,1-4H3/b24-22+. The van der Waals surface area contributed by atoms with E-state index in [2.05, 4.69) is 18.7 Å². The predicted molar refractivity (Wildman–Crippen MR) is 125 cm³/mol. The van der Waals surface area contributed by atoms with Gasteiger partial charge in [0.05, 0.1) is 11.6 Å². The second kappa shape index (κ2) is 10.0. The topological polar surface area (TPSA) is 81.1 Å². The molecule has 32 heavy (non-hydrogen) atoms. The van der Waals surface area contributed by atoms with Crippen molar-refractivity contribution in [2.75, 3.05) is 26.2 Å². The third kappa shape index (κ3) is 4.70. The van der Waals surface area contributed by atoms with Crippen LogP contribution in [0.1, 0.15) is 48.6 Å². The fourth-order valence-electron chi connectivity index (χ4n) is 4.25. The largest absolute Gasteiger partial charge is 0.508 e. The maximum absolute atomic E-state index is 13.1. The molecule has 170 valence electrons. The Labute approximate surface area is 189 Å². The van der Waals surface area contributed by atoms with E-state index in [0.717, 1.165) is 30.8 Å². The predicted octanol–water partition coefficient (Wildman–Crippen LogP) is 4.16. The summed E-state index contributed by atoms with van der Waals surface area (Å²) in [7, 11) is 0. The van der Waals surface area contributed by atoms with E-state index in [-0.39, 0.29) is 17.1 Å². The van der Waals surface area contributed by atoms with E-state index in [9.17, 15) is 19.8 Å². The highest BCUT2D eigenvalue weighted by Crippen LogP contribution is 2.40. The first-order valence-electron chi connectivity index (χ1n) is 11.2. The number of benzene rings is 2. The fraction of sp³-hybridized carbons (Fsp3) is 0.385. The number of phenolic OH excluding ortho intramolecular Hbond substituents is 1. The van der Waals surface area contributed by atoms with Gasteiger partial charge in [-0.2, -0.15) is 0 Å². The molecule has 3 rings (SSSR count). The van der Waals surface area contributed by atoms with E-state index in [1.807, 2.05) is 32.0 Å². The Balaban J connectivity index is 2.06. The smallest absolute Gasteiger partial charge is 0.295 e. The Bertz CT molecular complexity index is 1020. The van der Waals surface area contributed by atoms with E-state index >= 15 is 0 Å². The Morgan fingerprint density at radius 2 is 1.69 bits per heavy atom. The molecule has 1 fully saturated rings. The molecule has 6 heteroatoms. The summed E-state index contributed by atoms with van der Waals surface area (Å²) in [6, 6.07) is 11.4. The average molecular weight is 437 g/mol. The Hall–Kier alpha value is -3.12. The minimum Gasteiger partial charge on any atom is -0.508 e. The number of Topliss-reactive ketones (excluding diaryl/α,β-unsaturated/α-hetero) is 1. The number of nitrogens with zero attached hydrogens (tertiary/aromatic N) is 2. The van der Waals surface area contributed by atoms with Crippen molar-refractivity contribution in [3.63, 3.8) is 0 Å². The number of aliphatic hydroxyl groups is 1. The number of hydrogen-bond acceptors (Lipinski definition) is 5. The minimum absolute atomic E-state index is 0.0947. The van der Waals surface area contributed by atoms with Crippen molar-refractivity contribution in [2.24, 2.45) is 0 Å². The summed E-state index contributed by atoms with van der Waals surface area (Å²) in [4.78, 5) is 30.0. The molecule has 1 aliphatic rings. The van der Waals surface area contributed by atoms with E-state index < -0.39 is 17.7 Å². The highest BCUT2D eigenvalue weighted by atomic mass is 16.3. The first-order valence-corrected chi connectivity index (χ1v) is 11.2. The van der Waals surface area contributed by atoms with Gasteiger partial charge in [0, 0.05) is 12.1 Å². The molecule has 0 spiro atoms. The van der Waals surface area contributed by atoms with Crippen LogP contribution < -0.4 is 0 Å². The van der Waals surface area contributed by atoms with Crippen LogP contribution in [0.25, 0.3) is 5.76 Å². The zero-order valence-corrected chi connectivity index (χ0v) is 19.3. The number of likely N-dealkylation sites (tertiary alicyclic amines) is 1. The Morgan fingerprint density at radius 3 is 2.31 bits per heavy atom. The van der Waals surface area contributed by atoms with Gasteiger partial charge in [0.25, 0.3) is 11.7 Å². The molecule has 0 aliphatic carbocycles. The number of phenols is 1. The lowest BCUT2D eigenvalue weighted by molar-refractivity contribution is -0.140. The minimum atomic E-state index is -0.702. The maximum Gasteiger partial charge on any atom is 0.295 e. The highest BCUT2D eigenvalue weighted by Gasteiger charge is 2.45. The third-order valence-corrected chi connectivity index (χ3v) is 6.16. The highest BCUT2D eigenvalue weighted by molar-refractivity contribution is 6.46. The van der Waals surface area contributed by atoms with E-state index in [0.29, 0.717) is 24.1 Å². The van der Waals surface area contributed by atoms with Crippen molar-refractivity contribution in [1.29, 1.82) is 0 Å². The van der Waals surface area contributed by atoms with Crippen molar-refractivity contribution >= 4 is 17.4 Å². The van der Waals surface area contributed by atoms with Crippen molar-refractivity contribution in [1.82, 2.24) is 9.80 Å². The van der Waals surface area contributed by atoms with E-state index in [1.54, 1.807) is 17.0 Å². The quantitative estimate of drug-likeness (QED) is 0.369. The number of carbonyl (C=O) groups excluding carboxylic acids is 2. The van der Waals surface area contributed by atoms with E-state index in [1.165, 1.54) is 12.1 Å². The van der Waals surface area contributed by atoms with Crippen LogP contribution in [-0.4, -0.2) is 57.9 Å². The Kier molecular flexibility index (Phi) is 7.36. The van der Waals surface area contributed by atoms with Gasteiger partial charge in [-0.25, -0.2) is 0 Å². The van der Waals surface area contributed by atoms with Crippen LogP contribution in [-0.2, 0) is 9.59 Å². The SMILES string of the molecule is CCN(CC)CCCN1C(=O)C(=O)/C(=C(/O)c2cc(C)ccc2C)C1c1ccc(O)cc1. The molecule has 0 aromatic heterocycles. The summed E-state index contributed by atoms with van der Waals surface area (Å²) in [5.41, 5.74) is 3.10. The molecular formula is C26H32N2O4. The number of aryl methyl sites for hydroxylation is 2. The summed E-state index contributed by atoms with van der Waals surface area (Å²) in [5, 5.41) is 21.0. The summed E-state index contributed by atoms with van der Waals surface area (Å²) in [6.07, 6.45) is 0.715. The van der Waals surface area contributed by atoms with Gasteiger partial charge in [0.1, 0.15) is 11.5 Å². The molecule has 1 heterocycles. The van der Waals surface area contributed by atoms with Crippen LogP contribution in [0.3, 0.4) is 0 Å². The molecule has 0 saturated carbocycles. The number of ketones is 1. The summed E-state index contributed by atoms with van der Waals surface area (Å²) in [6.45, 7) is 11.0. The monoisotopic (exact) mass is 436 g/mol. The zero-order chi connectivity index (χ0) is 23.4. The first kappa shape index (κ1) is 23.5. The summed E-state index contributed by atoms with van der Waals surface area (Å²) < 4.78 is 0. The van der Waals surface area contributed by atoms with Crippen molar-refractivity contribution in [3.05, 3.63) is 70.3 Å². The molecule has 1 atom stereocenters. The second-order valence-corrected chi connectivity index (χ2v) is 8.28. The molecule has 1 amide bonds. The fourth-order valence-corrected chi connectivity index (χ4v) is 4.25. The molecule has 1 saturated heterocycles. The number of amides is 1. The number of rotatable bonds is 8. The number of aliphatic hydroxyl groups excluding tert-OH is 1. The van der Waals surface area contributed by atoms with Crippen LogP contribution in [0.4, 0.5) is 0 Å². The van der Waals surface area contributed by atoms with Crippen LogP contribution in [0.2, 0.25) is 0 Å². The lowest BCUT2D eigenvalue weighted by Crippen LogP contribution is -2.33. The van der Waals surface area contributed by atoms with Gasteiger partial charge in [-0.3, -0.25) is 9.59 Å². The molecule has 6 nitrogen and oxygen atoms in total. The first-order chi connectivity index (χ1) is 15.3. The molecular weight excluding hydrogens is 404 g/mol. The molecule has 2 N–H and O–H groups in total. The Morgan fingerprint density at radius 1 is 1.03 bits per heavy atom. The van der Waals surface area contributed by atoms with Gasteiger partial charge < -0.3 is 20.0 Å². The normalized spacial score (nSPS) is 18.0. The molecule has 1 aliphatic heterocycles. The van der Waals surface area contributed by atoms with Gasteiger partial charge >= 0.3 is 0 Å². The van der Waals surface area contributed by atoms with Gasteiger partial charge in [-0.05, 0) is 69.2 Å². The third-order valence-electron chi connectivity index (χ3n) is 6.16. The summed E-state index contributed by atoms with van der Waals surface area (Å²) >= 11 is 0. The average Bonchev–Trinajstić information content (AvgIpc) is 3.03. The van der Waals surface area contributed by atoms with Crippen LogP contribution in [0.5, 0.6) is 5.75 Å². The van der Waals surface area contributed by atoms with Gasteiger partial charge in [-0.1, -0.05) is 43.7 Å². The molecule has 2 aromatic carbocycles. The van der Waals surface area contributed by atoms with Crippen molar-refractivity contribution in [3.8, 4) is 5.75 Å². The molecule has 0 bridgehead atoms. The maximum atomic E-state index is 13.1. The number of carbonyl (C=O) groups is 2. The van der Waals surface area contributed by atoms with Crippen molar-refractivity contribution in [2.45, 2.75) is 40.2 Å².